The molecule has 0 aromatic carbocycles. The molecule has 7 nitrogen and oxygen atoms in total. The molecule has 3 heterocycles. The van der Waals surface area contributed by atoms with Gasteiger partial charge in [-0.3, -0.25) is 9.78 Å². The maximum Gasteiger partial charge on any atom is 0.317 e. The standard InChI is InChI=1S/C19H25N5O2S/c1-3-16(15-10-13(2)27-12-15)22-19(26)24-8-4-14(5-9-24)18(25)23-17-11-20-6-7-21-17/h6-7,10-12,14,16H,3-5,8-9H2,1-2H3,(H,22,26)(H,21,23,25). The van der Waals surface area contributed by atoms with E-state index in [0.717, 1.165) is 12.0 Å². The molecule has 2 N–H and O–H groups in total. The summed E-state index contributed by atoms with van der Waals surface area (Å²) in [5.41, 5.74) is 1.16. The lowest BCUT2D eigenvalue weighted by atomic mass is 9.96. The number of nitrogens with zero attached hydrogens (tertiary/aromatic N) is 3. The van der Waals surface area contributed by atoms with Gasteiger partial charge in [0.1, 0.15) is 0 Å². The van der Waals surface area contributed by atoms with Gasteiger partial charge in [0.05, 0.1) is 12.2 Å². The molecule has 2 aromatic rings. The van der Waals surface area contributed by atoms with Gasteiger partial charge in [-0.1, -0.05) is 6.92 Å². The second kappa shape index (κ2) is 8.94. The highest BCUT2D eigenvalue weighted by Gasteiger charge is 2.28. The Balaban J connectivity index is 1.49. The highest BCUT2D eigenvalue weighted by Crippen LogP contribution is 2.24. The molecule has 3 rings (SSSR count). The van der Waals surface area contributed by atoms with E-state index in [2.05, 4.69) is 45.9 Å². The molecule has 3 amide bonds. The number of likely N-dealkylation sites (tertiary alicyclic amines) is 1. The average molecular weight is 388 g/mol. The second-order valence-electron chi connectivity index (χ2n) is 6.74. The lowest BCUT2D eigenvalue weighted by molar-refractivity contribution is -0.121. The summed E-state index contributed by atoms with van der Waals surface area (Å²) in [5, 5.41) is 8.02. The van der Waals surface area contributed by atoms with Gasteiger partial charge in [0.15, 0.2) is 5.82 Å². The number of urea groups is 1. The molecule has 27 heavy (non-hydrogen) atoms. The Hall–Kier alpha value is -2.48. The molecule has 0 aliphatic carbocycles. The number of aromatic nitrogens is 2. The Morgan fingerprint density at radius 1 is 1.33 bits per heavy atom. The molecule has 1 atom stereocenters. The Morgan fingerprint density at radius 3 is 2.70 bits per heavy atom. The fourth-order valence-corrected chi connectivity index (χ4v) is 4.00. The summed E-state index contributed by atoms with van der Waals surface area (Å²) in [6.45, 7) is 5.29. The Bertz CT molecular complexity index is 771. The first-order valence-corrected chi connectivity index (χ1v) is 10.1. The molecular formula is C19H25N5O2S. The van der Waals surface area contributed by atoms with E-state index >= 15 is 0 Å². The van der Waals surface area contributed by atoms with Crippen LogP contribution >= 0.6 is 11.3 Å². The normalized spacial score (nSPS) is 16.0. The van der Waals surface area contributed by atoms with E-state index in [-0.39, 0.29) is 23.9 Å². The van der Waals surface area contributed by atoms with Gasteiger partial charge in [-0.2, -0.15) is 0 Å². The van der Waals surface area contributed by atoms with Crippen LogP contribution in [0.3, 0.4) is 0 Å². The molecule has 8 heteroatoms. The maximum absolute atomic E-state index is 12.6. The van der Waals surface area contributed by atoms with Crippen LogP contribution in [0.5, 0.6) is 0 Å². The fourth-order valence-electron chi connectivity index (χ4n) is 3.24. The molecule has 0 radical (unpaired) electrons. The van der Waals surface area contributed by atoms with Crippen molar-refractivity contribution in [2.75, 3.05) is 18.4 Å². The number of rotatable bonds is 5. The van der Waals surface area contributed by atoms with E-state index < -0.39 is 0 Å². The van der Waals surface area contributed by atoms with Crippen LogP contribution in [-0.4, -0.2) is 39.9 Å². The summed E-state index contributed by atoms with van der Waals surface area (Å²) in [6, 6.07) is 2.10. The third-order valence-corrected chi connectivity index (χ3v) is 5.71. The first kappa shape index (κ1) is 19.3. The summed E-state index contributed by atoms with van der Waals surface area (Å²) in [4.78, 5) is 36.0. The quantitative estimate of drug-likeness (QED) is 0.823. The summed E-state index contributed by atoms with van der Waals surface area (Å²) >= 11 is 1.70. The Kier molecular flexibility index (Phi) is 6.39. The smallest absolute Gasteiger partial charge is 0.317 e. The van der Waals surface area contributed by atoms with Crippen molar-refractivity contribution in [2.24, 2.45) is 5.92 Å². The number of hydrogen-bond acceptors (Lipinski definition) is 5. The summed E-state index contributed by atoms with van der Waals surface area (Å²) in [7, 11) is 0. The monoisotopic (exact) mass is 387 g/mol. The van der Waals surface area contributed by atoms with Crippen LogP contribution in [0, 0.1) is 12.8 Å². The van der Waals surface area contributed by atoms with Crippen molar-refractivity contribution in [2.45, 2.75) is 39.2 Å². The zero-order valence-corrected chi connectivity index (χ0v) is 16.5. The lowest BCUT2D eigenvalue weighted by Crippen LogP contribution is -2.46. The van der Waals surface area contributed by atoms with Gasteiger partial charge in [0.25, 0.3) is 0 Å². The highest BCUT2D eigenvalue weighted by molar-refractivity contribution is 7.10. The SMILES string of the molecule is CCC(NC(=O)N1CCC(C(=O)Nc2cnccn2)CC1)c1csc(C)c1. The van der Waals surface area contributed by atoms with E-state index in [1.165, 1.54) is 11.1 Å². The van der Waals surface area contributed by atoms with Gasteiger partial charge >= 0.3 is 6.03 Å². The van der Waals surface area contributed by atoms with Crippen molar-refractivity contribution >= 4 is 29.1 Å². The predicted octanol–water partition coefficient (Wildman–Crippen LogP) is 3.36. The molecule has 1 saturated heterocycles. The molecule has 1 unspecified atom stereocenters. The largest absolute Gasteiger partial charge is 0.331 e. The van der Waals surface area contributed by atoms with Crippen molar-refractivity contribution in [3.63, 3.8) is 0 Å². The maximum atomic E-state index is 12.6. The molecule has 144 valence electrons. The minimum absolute atomic E-state index is 0.0279. The van der Waals surface area contributed by atoms with Crippen LogP contribution in [0.4, 0.5) is 10.6 Å². The first-order chi connectivity index (χ1) is 13.1. The van der Waals surface area contributed by atoms with E-state index in [0.29, 0.717) is 31.7 Å². The summed E-state index contributed by atoms with van der Waals surface area (Å²) in [6.07, 6.45) is 6.77. The fraction of sp³-hybridized carbons (Fsp3) is 0.474. The van der Waals surface area contributed by atoms with Gasteiger partial charge in [-0.05, 0) is 43.2 Å². The second-order valence-corrected chi connectivity index (χ2v) is 7.86. The van der Waals surface area contributed by atoms with Gasteiger partial charge in [-0.15, -0.1) is 11.3 Å². The minimum atomic E-state index is -0.113. The molecule has 2 aromatic heterocycles. The number of piperidine rings is 1. The first-order valence-electron chi connectivity index (χ1n) is 9.24. The van der Waals surface area contributed by atoms with Crippen LogP contribution in [-0.2, 0) is 4.79 Å². The third kappa shape index (κ3) is 5.03. The number of hydrogen-bond donors (Lipinski definition) is 2. The lowest BCUT2D eigenvalue weighted by Gasteiger charge is -2.32. The molecule has 0 spiro atoms. The van der Waals surface area contributed by atoms with Crippen molar-refractivity contribution in [1.82, 2.24) is 20.2 Å². The number of aryl methyl sites for hydroxylation is 1. The van der Waals surface area contributed by atoms with Crippen molar-refractivity contribution < 1.29 is 9.59 Å². The highest BCUT2D eigenvalue weighted by atomic mass is 32.1. The number of anilines is 1. The number of carbonyl (C=O) groups is 2. The van der Waals surface area contributed by atoms with Crippen LogP contribution in [0.25, 0.3) is 0 Å². The number of amides is 3. The van der Waals surface area contributed by atoms with Crippen LogP contribution in [0.1, 0.15) is 42.7 Å². The van der Waals surface area contributed by atoms with Crippen molar-refractivity contribution in [3.8, 4) is 0 Å². The van der Waals surface area contributed by atoms with Gasteiger partial charge < -0.3 is 15.5 Å². The number of thiophene rings is 1. The van der Waals surface area contributed by atoms with Crippen LogP contribution in [0.2, 0.25) is 0 Å². The Morgan fingerprint density at radius 2 is 2.11 bits per heavy atom. The van der Waals surface area contributed by atoms with Crippen LogP contribution in [0.15, 0.2) is 30.0 Å². The summed E-state index contributed by atoms with van der Waals surface area (Å²) in [5.74, 6) is 0.285. The van der Waals surface area contributed by atoms with E-state index in [9.17, 15) is 9.59 Å². The zero-order valence-electron chi connectivity index (χ0n) is 15.6. The third-order valence-electron chi connectivity index (χ3n) is 4.83. The van der Waals surface area contributed by atoms with E-state index in [4.69, 9.17) is 0 Å². The zero-order chi connectivity index (χ0) is 19.2. The van der Waals surface area contributed by atoms with Gasteiger partial charge in [-0.25, -0.2) is 9.78 Å². The van der Waals surface area contributed by atoms with Crippen molar-refractivity contribution in [1.29, 1.82) is 0 Å². The molecule has 1 aliphatic rings. The molecule has 1 aliphatic heterocycles. The number of carbonyl (C=O) groups excluding carboxylic acids is 2. The molecule has 0 bridgehead atoms. The number of nitrogens with one attached hydrogen (secondary N) is 2. The summed E-state index contributed by atoms with van der Waals surface area (Å²) < 4.78 is 0. The topological polar surface area (TPSA) is 87.2 Å². The van der Waals surface area contributed by atoms with E-state index in [1.807, 2.05) is 0 Å². The predicted molar refractivity (Wildman–Crippen MR) is 106 cm³/mol. The van der Waals surface area contributed by atoms with Gasteiger partial charge in [0, 0.05) is 36.3 Å². The Labute approximate surface area is 163 Å². The van der Waals surface area contributed by atoms with Crippen LogP contribution < -0.4 is 10.6 Å². The minimum Gasteiger partial charge on any atom is -0.331 e. The van der Waals surface area contributed by atoms with Gasteiger partial charge in [0.2, 0.25) is 5.91 Å². The van der Waals surface area contributed by atoms with E-state index in [1.54, 1.807) is 28.6 Å². The molecule has 0 saturated carbocycles. The molecular weight excluding hydrogens is 362 g/mol. The van der Waals surface area contributed by atoms with Crippen molar-refractivity contribution in [3.05, 3.63) is 40.5 Å². The average Bonchev–Trinajstić information content (AvgIpc) is 3.13. The molecule has 1 fully saturated rings.